The molecule has 0 radical (unpaired) electrons. The lowest BCUT2D eigenvalue weighted by atomic mass is 9.93. The number of aryl methyl sites for hydroxylation is 1. The third-order valence-electron chi connectivity index (χ3n) is 6.04. The highest BCUT2D eigenvalue weighted by molar-refractivity contribution is 5.64. The molecule has 142 valence electrons. The van der Waals surface area contributed by atoms with E-state index in [1.807, 2.05) is 6.07 Å². The molecule has 2 heterocycles. The summed E-state index contributed by atoms with van der Waals surface area (Å²) in [5.74, 6) is 1.83. The van der Waals surface area contributed by atoms with Crippen molar-refractivity contribution in [2.75, 3.05) is 0 Å². The molecule has 1 aliphatic rings. The summed E-state index contributed by atoms with van der Waals surface area (Å²) in [6, 6.07) is 17.0. The van der Waals surface area contributed by atoms with Crippen molar-refractivity contribution in [3.63, 3.8) is 0 Å². The minimum absolute atomic E-state index is 0.616. The summed E-state index contributed by atoms with van der Waals surface area (Å²) in [4.78, 5) is 0. The van der Waals surface area contributed by atoms with Gasteiger partial charge in [-0.2, -0.15) is 0 Å². The first-order valence-corrected chi connectivity index (χ1v) is 10.6. The molecule has 0 amide bonds. The van der Waals surface area contributed by atoms with Crippen LogP contribution in [0.15, 0.2) is 54.7 Å². The number of hydrogen-bond acceptors (Lipinski definition) is 1. The second kappa shape index (κ2) is 8.65. The maximum Gasteiger partial charge on any atom is 0.143 e. The fourth-order valence-electron chi connectivity index (χ4n) is 4.51. The number of fused-ring (bicyclic) bond motifs is 1. The average molecular weight is 362 g/mol. The zero-order valence-corrected chi connectivity index (χ0v) is 16.5. The summed E-state index contributed by atoms with van der Waals surface area (Å²) in [6.45, 7) is 2.89. The summed E-state index contributed by atoms with van der Waals surface area (Å²) >= 11 is 0. The summed E-state index contributed by atoms with van der Waals surface area (Å²) < 4.78 is 8.60. The van der Waals surface area contributed by atoms with Crippen molar-refractivity contribution in [2.24, 2.45) is 5.92 Å². The second-order valence-corrected chi connectivity index (χ2v) is 7.93. The van der Waals surface area contributed by atoms with Crippen LogP contribution in [-0.2, 0) is 19.4 Å². The normalized spacial score (nSPS) is 15.7. The number of aromatic nitrogens is 1. The Kier molecular flexibility index (Phi) is 5.81. The molecule has 27 heavy (non-hydrogen) atoms. The van der Waals surface area contributed by atoms with E-state index < -0.39 is 0 Å². The maximum atomic E-state index is 6.21. The van der Waals surface area contributed by atoms with Gasteiger partial charge in [0.15, 0.2) is 0 Å². The lowest BCUT2D eigenvalue weighted by Crippen LogP contribution is -2.07. The first-order chi connectivity index (χ1) is 13.3. The quantitative estimate of drug-likeness (QED) is 0.451. The highest BCUT2D eigenvalue weighted by Gasteiger charge is 2.18. The van der Waals surface area contributed by atoms with Crippen LogP contribution >= 0.6 is 0 Å². The topological polar surface area (TPSA) is 13.6 Å². The standard InChI is InChI=1S/C25H31NO/c1-2-22-18-24-25(27-19-21-13-8-5-9-14-21)15-10-16-26(24)23(22)17-20-11-6-3-4-7-12-20/h5,8-10,13-16,18,20H,2-4,6-7,11-12,17,19H2,1H3. The molecule has 1 saturated carbocycles. The Hall–Kier alpha value is -2.22. The van der Waals surface area contributed by atoms with Gasteiger partial charge in [0.1, 0.15) is 12.4 Å². The zero-order valence-electron chi connectivity index (χ0n) is 16.5. The van der Waals surface area contributed by atoms with Crippen molar-refractivity contribution in [3.05, 3.63) is 71.5 Å². The second-order valence-electron chi connectivity index (χ2n) is 7.93. The third kappa shape index (κ3) is 4.21. The van der Waals surface area contributed by atoms with Gasteiger partial charge in [0, 0.05) is 11.9 Å². The lowest BCUT2D eigenvalue weighted by Gasteiger charge is -2.16. The zero-order chi connectivity index (χ0) is 18.5. The Morgan fingerprint density at radius 2 is 1.74 bits per heavy atom. The molecule has 0 unspecified atom stereocenters. The summed E-state index contributed by atoms with van der Waals surface area (Å²) in [7, 11) is 0. The molecule has 2 aromatic heterocycles. The van der Waals surface area contributed by atoms with E-state index in [1.165, 1.54) is 67.3 Å². The van der Waals surface area contributed by atoms with Crippen molar-refractivity contribution < 1.29 is 4.74 Å². The average Bonchev–Trinajstić information content (AvgIpc) is 2.88. The van der Waals surface area contributed by atoms with E-state index >= 15 is 0 Å². The number of pyridine rings is 1. The van der Waals surface area contributed by atoms with Crippen LogP contribution in [0.25, 0.3) is 5.52 Å². The summed E-state index contributed by atoms with van der Waals surface area (Å²) in [6.07, 6.45) is 12.9. The molecule has 2 nitrogen and oxygen atoms in total. The Bertz CT molecular complexity index is 857. The van der Waals surface area contributed by atoms with Crippen molar-refractivity contribution >= 4 is 5.52 Å². The monoisotopic (exact) mass is 361 g/mol. The van der Waals surface area contributed by atoms with E-state index in [2.05, 4.69) is 60.0 Å². The molecule has 1 aliphatic carbocycles. The van der Waals surface area contributed by atoms with Gasteiger partial charge in [-0.15, -0.1) is 0 Å². The predicted molar refractivity (Wildman–Crippen MR) is 112 cm³/mol. The molecule has 0 N–H and O–H groups in total. The molecule has 0 aliphatic heterocycles. The number of ether oxygens (including phenoxy) is 1. The van der Waals surface area contributed by atoms with E-state index in [4.69, 9.17) is 4.74 Å². The van der Waals surface area contributed by atoms with Crippen LogP contribution in [0.4, 0.5) is 0 Å². The minimum Gasteiger partial charge on any atom is -0.487 e. The number of hydrogen-bond donors (Lipinski definition) is 0. The number of rotatable bonds is 6. The first-order valence-electron chi connectivity index (χ1n) is 10.6. The van der Waals surface area contributed by atoms with Crippen LogP contribution in [0, 0.1) is 5.92 Å². The molecule has 1 fully saturated rings. The summed E-state index contributed by atoms with van der Waals surface area (Å²) in [5.41, 5.74) is 5.41. The van der Waals surface area contributed by atoms with Gasteiger partial charge in [0.05, 0.1) is 5.52 Å². The van der Waals surface area contributed by atoms with Gasteiger partial charge in [-0.3, -0.25) is 0 Å². The van der Waals surface area contributed by atoms with Crippen LogP contribution in [0.3, 0.4) is 0 Å². The molecule has 0 bridgehead atoms. The van der Waals surface area contributed by atoms with Crippen molar-refractivity contribution in [2.45, 2.75) is 64.9 Å². The fourth-order valence-corrected chi connectivity index (χ4v) is 4.51. The molecule has 3 aromatic rings. The summed E-state index contributed by atoms with van der Waals surface area (Å²) in [5, 5.41) is 0. The van der Waals surface area contributed by atoms with Crippen LogP contribution < -0.4 is 4.74 Å². The van der Waals surface area contributed by atoms with E-state index in [-0.39, 0.29) is 0 Å². The Balaban J connectivity index is 1.60. The number of benzene rings is 1. The van der Waals surface area contributed by atoms with E-state index in [0.29, 0.717) is 6.61 Å². The van der Waals surface area contributed by atoms with Crippen LogP contribution in [-0.4, -0.2) is 4.40 Å². The molecule has 2 heteroatoms. The lowest BCUT2D eigenvalue weighted by molar-refractivity contribution is 0.308. The van der Waals surface area contributed by atoms with Gasteiger partial charge in [-0.25, -0.2) is 0 Å². The Labute approximate surface area is 163 Å². The van der Waals surface area contributed by atoms with Gasteiger partial charge in [0.2, 0.25) is 0 Å². The number of nitrogens with zero attached hydrogens (tertiary/aromatic N) is 1. The molecule has 0 atom stereocenters. The van der Waals surface area contributed by atoms with E-state index in [9.17, 15) is 0 Å². The fraction of sp³-hybridized carbons (Fsp3) is 0.440. The first kappa shape index (κ1) is 18.2. The third-order valence-corrected chi connectivity index (χ3v) is 6.04. The SMILES string of the molecule is CCc1cc2c(OCc3ccccc3)cccn2c1CC1CCCCCC1. The maximum absolute atomic E-state index is 6.21. The van der Waals surface area contributed by atoms with Crippen molar-refractivity contribution in [1.29, 1.82) is 0 Å². The Morgan fingerprint density at radius 1 is 0.963 bits per heavy atom. The van der Waals surface area contributed by atoms with Gasteiger partial charge < -0.3 is 9.14 Å². The minimum atomic E-state index is 0.616. The van der Waals surface area contributed by atoms with Gasteiger partial charge in [-0.05, 0) is 48.1 Å². The highest BCUT2D eigenvalue weighted by atomic mass is 16.5. The van der Waals surface area contributed by atoms with Crippen LogP contribution in [0.2, 0.25) is 0 Å². The van der Waals surface area contributed by atoms with Crippen molar-refractivity contribution in [3.8, 4) is 5.75 Å². The highest BCUT2D eigenvalue weighted by Crippen LogP contribution is 2.31. The van der Waals surface area contributed by atoms with Gasteiger partial charge in [0.25, 0.3) is 0 Å². The molecule has 4 rings (SSSR count). The smallest absolute Gasteiger partial charge is 0.143 e. The Morgan fingerprint density at radius 3 is 2.48 bits per heavy atom. The van der Waals surface area contributed by atoms with Crippen LogP contribution in [0.5, 0.6) is 5.75 Å². The molecular formula is C25H31NO. The molecule has 0 spiro atoms. The van der Waals surface area contributed by atoms with Crippen molar-refractivity contribution in [1.82, 2.24) is 4.40 Å². The molecular weight excluding hydrogens is 330 g/mol. The predicted octanol–water partition coefficient (Wildman–Crippen LogP) is 6.59. The van der Waals surface area contributed by atoms with E-state index in [1.54, 1.807) is 0 Å². The molecule has 0 saturated heterocycles. The molecule has 1 aromatic carbocycles. The van der Waals surface area contributed by atoms with Gasteiger partial charge in [-0.1, -0.05) is 75.8 Å². The van der Waals surface area contributed by atoms with Crippen LogP contribution in [0.1, 0.15) is 62.3 Å². The van der Waals surface area contributed by atoms with E-state index in [0.717, 1.165) is 18.1 Å². The van der Waals surface area contributed by atoms with Gasteiger partial charge >= 0.3 is 0 Å². The largest absolute Gasteiger partial charge is 0.487 e.